The fraction of sp³-hybridized carbons (Fsp3) is 0.600. The Hall–Kier alpha value is -2.17. The van der Waals surface area contributed by atoms with E-state index < -0.39 is 9.84 Å². The molecule has 1 spiro atoms. The second-order valence-corrected chi connectivity index (χ2v) is 10.9. The van der Waals surface area contributed by atoms with Gasteiger partial charge in [-0.15, -0.1) is 0 Å². The maximum Gasteiger partial charge on any atom is 0.159 e. The summed E-state index contributed by atoms with van der Waals surface area (Å²) in [6.45, 7) is 2.91. The van der Waals surface area contributed by atoms with Crippen LogP contribution in [0.5, 0.6) is 0 Å². The molecule has 0 radical (unpaired) electrons. The number of fused-ring (bicyclic) bond motifs is 1. The third-order valence-corrected chi connectivity index (χ3v) is 8.17. The Morgan fingerprint density at radius 1 is 1.33 bits per heavy atom. The fourth-order valence-electron chi connectivity index (χ4n) is 4.72. The zero-order chi connectivity index (χ0) is 20.9. The standard InChI is InChI=1S/C20H27N5O4S/c1-2-25-19-16(11-22-25)18(23-14-3-5-30(27,28)6-4-14)15(10-21-19)17-9-20(29-24-17)7-13(8-20)12-26/h9-11,13-14,24,26H,2-8,12H2,1H3,(H,21,23). The van der Waals surface area contributed by atoms with Crippen molar-refractivity contribution in [2.75, 3.05) is 23.4 Å². The van der Waals surface area contributed by atoms with Crippen LogP contribution in [0.2, 0.25) is 0 Å². The first-order chi connectivity index (χ1) is 14.4. The van der Waals surface area contributed by atoms with Gasteiger partial charge >= 0.3 is 0 Å². The lowest BCUT2D eigenvalue weighted by Crippen LogP contribution is -2.45. The number of aliphatic hydroxyl groups excluding tert-OH is 1. The van der Waals surface area contributed by atoms with Gasteiger partial charge in [0, 0.05) is 31.0 Å². The van der Waals surface area contributed by atoms with Gasteiger partial charge in [-0.3, -0.25) is 10.3 Å². The molecule has 10 heteroatoms. The molecule has 162 valence electrons. The molecule has 0 unspecified atom stereocenters. The second-order valence-electron chi connectivity index (χ2n) is 8.60. The smallest absolute Gasteiger partial charge is 0.159 e. The van der Waals surface area contributed by atoms with Gasteiger partial charge in [0.15, 0.2) is 5.65 Å². The van der Waals surface area contributed by atoms with Crippen LogP contribution in [0.25, 0.3) is 16.7 Å². The molecule has 4 heterocycles. The first-order valence-corrected chi connectivity index (χ1v) is 12.3. The molecule has 5 rings (SSSR count). The number of nitrogens with zero attached hydrogens (tertiary/aromatic N) is 3. The van der Waals surface area contributed by atoms with E-state index in [2.05, 4.69) is 27.0 Å². The van der Waals surface area contributed by atoms with E-state index in [9.17, 15) is 13.5 Å². The number of hydrogen-bond donors (Lipinski definition) is 3. The highest BCUT2D eigenvalue weighted by molar-refractivity contribution is 7.91. The number of pyridine rings is 1. The minimum Gasteiger partial charge on any atom is -0.396 e. The summed E-state index contributed by atoms with van der Waals surface area (Å²) in [5.74, 6) is 0.684. The highest BCUT2D eigenvalue weighted by atomic mass is 32.2. The average molecular weight is 434 g/mol. The Morgan fingerprint density at radius 3 is 2.80 bits per heavy atom. The monoisotopic (exact) mass is 433 g/mol. The van der Waals surface area contributed by atoms with Crippen LogP contribution in [0.3, 0.4) is 0 Å². The first-order valence-electron chi connectivity index (χ1n) is 10.5. The van der Waals surface area contributed by atoms with E-state index >= 15 is 0 Å². The molecule has 1 aliphatic carbocycles. The number of nitrogens with one attached hydrogen (secondary N) is 2. The lowest BCUT2D eigenvalue weighted by molar-refractivity contribution is -0.119. The minimum atomic E-state index is -2.93. The Morgan fingerprint density at radius 2 is 2.10 bits per heavy atom. The van der Waals surface area contributed by atoms with Crippen molar-refractivity contribution in [1.29, 1.82) is 0 Å². The third-order valence-electron chi connectivity index (χ3n) is 6.46. The number of hydrogen-bond acceptors (Lipinski definition) is 8. The molecule has 2 aromatic rings. The van der Waals surface area contributed by atoms with Crippen LogP contribution in [0, 0.1) is 5.92 Å². The highest BCUT2D eigenvalue weighted by Crippen LogP contribution is 2.46. The molecule has 0 atom stereocenters. The van der Waals surface area contributed by atoms with E-state index in [0.717, 1.165) is 40.8 Å². The minimum absolute atomic E-state index is 0.0715. The van der Waals surface area contributed by atoms with E-state index in [4.69, 9.17) is 4.84 Å². The molecule has 9 nitrogen and oxygen atoms in total. The van der Waals surface area contributed by atoms with Crippen molar-refractivity contribution in [2.45, 2.75) is 50.8 Å². The topological polar surface area (TPSA) is 118 Å². The zero-order valence-electron chi connectivity index (χ0n) is 17.0. The molecule has 2 fully saturated rings. The Bertz CT molecular complexity index is 1090. The number of aryl methyl sites for hydroxylation is 1. The van der Waals surface area contributed by atoms with Gasteiger partial charge in [0.25, 0.3) is 0 Å². The van der Waals surface area contributed by atoms with Crippen molar-refractivity contribution >= 4 is 32.3 Å². The summed E-state index contributed by atoms with van der Waals surface area (Å²) in [4.78, 5) is 10.5. The van der Waals surface area contributed by atoms with E-state index in [1.807, 2.05) is 24.0 Å². The summed E-state index contributed by atoms with van der Waals surface area (Å²) < 4.78 is 25.5. The molecule has 2 aliphatic heterocycles. The summed E-state index contributed by atoms with van der Waals surface area (Å²) in [5, 5.41) is 18.3. The van der Waals surface area contributed by atoms with E-state index in [-0.39, 0.29) is 35.7 Å². The van der Waals surface area contributed by atoms with Gasteiger partial charge in [-0.2, -0.15) is 5.10 Å². The summed E-state index contributed by atoms with van der Waals surface area (Å²) >= 11 is 0. The number of sulfone groups is 1. The number of rotatable bonds is 5. The summed E-state index contributed by atoms with van der Waals surface area (Å²) in [6, 6.07) is 0.0715. The first kappa shape index (κ1) is 19.8. The summed E-state index contributed by atoms with van der Waals surface area (Å²) in [7, 11) is -2.93. The van der Waals surface area contributed by atoms with E-state index in [1.165, 1.54) is 0 Å². The van der Waals surface area contributed by atoms with Crippen molar-refractivity contribution in [1.82, 2.24) is 20.2 Å². The van der Waals surface area contributed by atoms with Crippen molar-refractivity contribution < 1.29 is 18.4 Å². The molecule has 1 saturated carbocycles. The molecule has 0 bridgehead atoms. The van der Waals surface area contributed by atoms with Gasteiger partial charge < -0.3 is 10.4 Å². The lowest BCUT2D eigenvalue weighted by Gasteiger charge is -2.40. The van der Waals surface area contributed by atoms with Gasteiger partial charge in [-0.25, -0.2) is 18.1 Å². The molecule has 0 amide bonds. The number of anilines is 1. The molecule has 30 heavy (non-hydrogen) atoms. The Labute approximate surface area is 175 Å². The van der Waals surface area contributed by atoms with Crippen molar-refractivity contribution in [3.63, 3.8) is 0 Å². The Kier molecular flexibility index (Phi) is 4.75. The predicted octanol–water partition coefficient (Wildman–Crippen LogP) is 1.46. The average Bonchev–Trinajstić information content (AvgIpc) is 3.33. The second kappa shape index (κ2) is 7.21. The van der Waals surface area contributed by atoms with Crippen LogP contribution in [0.4, 0.5) is 5.69 Å². The van der Waals surface area contributed by atoms with E-state index in [1.54, 1.807) is 0 Å². The van der Waals surface area contributed by atoms with Crippen LogP contribution in [-0.2, 0) is 21.2 Å². The third kappa shape index (κ3) is 3.36. The van der Waals surface area contributed by atoms with Gasteiger partial charge in [-0.1, -0.05) is 0 Å². The summed E-state index contributed by atoms with van der Waals surface area (Å²) in [6.07, 6.45) is 8.45. The number of aliphatic hydroxyl groups is 1. The normalized spacial score (nSPS) is 23.3. The maximum atomic E-state index is 11.8. The predicted molar refractivity (Wildman–Crippen MR) is 113 cm³/mol. The highest BCUT2D eigenvalue weighted by Gasteiger charge is 2.47. The van der Waals surface area contributed by atoms with Crippen LogP contribution >= 0.6 is 0 Å². The lowest BCUT2D eigenvalue weighted by atomic mass is 9.71. The van der Waals surface area contributed by atoms with Crippen molar-refractivity contribution in [2.24, 2.45) is 5.92 Å². The van der Waals surface area contributed by atoms with Crippen LogP contribution < -0.4 is 10.8 Å². The molecule has 3 N–H and O–H groups in total. The Balaban J connectivity index is 1.50. The largest absolute Gasteiger partial charge is 0.396 e. The van der Waals surface area contributed by atoms with Gasteiger partial charge in [0.1, 0.15) is 15.4 Å². The van der Waals surface area contributed by atoms with Gasteiger partial charge in [-0.05, 0) is 44.6 Å². The van der Waals surface area contributed by atoms with Crippen molar-refractivity contribution in [3.8, 4) is 0 Å². The van der Waals surface area contributed by atoms with Crippen molar-refractivity contribution in [3.05, 3.63) is 24.0 Å². The van der Waals surface area contributed by atoms with Crippen LogP contribution in [-0.4, -0.2) is 58.0 Å². The van der Waals surface area contributed by atoms with Crippen LogP contribution in [0.1, 0.15) is 38.2 Å². The number of hydroxylamine groups is 1. The van der Waals surface area contributed by atoms with Crippen LogP contribution in [0.15, 0.2) is 18.5 Å². The quantitative estimate of drug-likeness (QED) is 0.649. The van der Waals surface area contributed by atoms with Gasteiger partial charge in [0.2, 0.25) is 0 Å². The van der Waals surface area contributed by atoms with E-state index in [0.29, 0.717) is 19.4 Å². The molecule has 1 saturated heterocycles. The number of aromatic nitrogens is 3. The van der Waals surface area contributed by atoms with Gasteiger partial charge in [0.05, 0.1) is 34.5 Å². The molecule has 3 aliphatic rings. The zero-order valence-corrected chi connectivity index (χ0v) is 17.8. The molecular formula is C20H27N5O4S. The SMILES string of the molecule is CCn1ncc2c(NC3CCS(=O)(=O)CC3)c(C3=CC4(CC(CO)C4)ON3)cnc21. The molecular weight excluding hydrogens is 406 g/mol. The molecule has 2 aromatic heterocycles. The molecule has 0 aromatic carbocycles. The fourth-order valence-corrected chi connectivity index (χ4v) is 6.21. The maximum absolute atomic E-state index is 11.8. The summed E-state index contributed by atoms with van der Waals surface area (Å²) in [5.41, 5.74) is 6.12.